The molecule has 1 aliphatic heterocycles. The standard InChI is InChI=1S/C21H23N3O3S/c1-14-7-9-23(10-8-14)19(25)12-24-13-22-17-11-18(28-20(17)21(24)26)15-3-5-16(27-2)6-4-15/h3-6,11,13-14H,7-10,12H2,1-2H3. The van der Waals surface area contributed by atoms with Crippen LogP contribution in [0, 0.1) is 5.92 Å². The highest BCUT2D eigenvalue weighted by Gasteiger charge is 2.21. The van der Waals surface area contributed by atoms with E-state index in [9.17, 15) is 9.59 Å². The predicted molar refractivity (Wildman–Crippen MR) is 111 cm³/mol. The lowest BCUT2D eigenvalue weighted by molar-refractivity contribution is -0.133. The van der Waals surface area contributed by atoms with Crippen LogP contribution in [0.25, 0.3) is 20.7 Å². The molecule has 0 N–H and O–H groups in total. The van der Waals surface area contributed by atoms with Crippen LogP contribution in [-0.4, -0.2) is 40.6 Å². The summed E-state index contributed by atoms with van der Waals surface area (Å²) in [4.78, 5) is 32.7. The highest BCUT2D eigenvalue weighted by atomic mass is 32.1. The number of hydrogen-bond acceptors (Lipinski definition) is 5. The number of thiophene rings is 1. The first-order valence-electron chi connectivity index (χ1n) is 9.46. The van der Waals surface area contributed by atoms with Crippen molar-refractivity contribution in [3.05, 3.63) is 47.0 Å². The molecule has 6 nitrogen and oxygen atoms in total. The van der Waals surface area contributed by atoms with Gasteiger partial charge in [-0.15, -0.1) is 11.3 Å². The molecule has 0 spiro atoms. The summed E-state index contributed by atoms with van der Waals surface area (Å²) < 4.78 is 7.20. The Morgan fingerprint density at radius 1 is 1.25 bits per heavy atom. The zero-order valence-corrected chi connectivity index (χ0v) is 16.9. The lowest BCUT2D eigenvalue weighted by Gasteiger charge is -2.30. The van der Waals surface area contributed by atoms with Gasteiger partial charge in [-0.3, -0.25) is 14.2 Å². The normalized spacial score (nSPS) is 15.1. The van der Waals surface area contributed by atoms with Crippen molar-refractivity contribution in [2.24, 2.45) is 5.92 Å². The molecule has 1 aliphatic rings. The maximum Gasteiger partial charge on any atom is 0.271 e. The van der Waals surface area contributed by atoms with E-state index in [1.807, 2.05) is 35.2 Å². The van der Waals surface area contributed by atoms with Crippen LogP contribution in [0.2, 0.25) is 0 Å². The van der Waals surface area contributed by atoms with Crippen LogP contribution in [0.4, 0.5) is 0 Å². The number of piperidine rings is 1. The van der Waals surface area contributed by atoms with Crippen LogP contribution in [0.15, 0.2) is 41.5 Å². The number of aromatic nitrogens is 2. The van der Waals surface area contributed by atoms with Gasteiger partial charge in [0, 0.05) is 18.0 Å². The molecule has 0 radical (unpaired) electrons. The first kappa shape index (κ1) is 18.7. The second-order valence-corrected chi connectivity index (χ2v) is 8.35. The molecule has 1 amide bonds. The Morgan fingerprint density at radius 2 is 1.96 bits per heavy atom. The van der Waals surface area contributed by atoms with Gasteiger partial charge in [-0.05, 0) is 54.7 Å². The molecule has 1 aromatic carbocycles. The maximum absolute atomic E-state index is 12.9. The van der Waals surface area contributed by atoms with Crippen LogP contribution >= 0.6 is 11.3 Å². The summed E-state index contributed by atoms with van der Waals surface area (Å²) in [5, 5.41) is 0. The smallest absolute Gasteiger partial charge is 0.271 e. The number of benzene rings is 1. The quantitative estimate of drug-likeness (QED) is 0.677. The summed E-state index contributed by atoms with van der Waals surface area (Å²) >= 11 is 1.41. The fourth-order valence-electron chi connectivity index (χ4n) is 3.46. The van der Waals surface area contributed by atoms with E-state index >= 15 is 0 Å². The minimum absolute atomic E-state index is 0.0120. The van der Waals surface area contributed by atoms with Gasteiger partial charge in [-0.25, -0.2) is 4.98 Å². The summed E-state index contributed by atoms with van der Waals surface area (Å²) in [6.07, 6.45) is 3.53. The van der Waals surface area contributed by atoms with E-state index in [4.69, 9.17) is 4.74 Å². The number of methoxy groups -OCH3 is 1. The molecule has 1 saturated heterocycles. The van der Waals surface area contributed by atoms with Gasteiger partial charge < -0.3 is 9.64 Å². The van der Waals surface area contributed by atoms with Crippen molar-refractivity contribution in [1.29, 1.82) is 0 Å². The number of likely N-dealkylation sites (tertiary alicyclic amines) is 1. The molecule has 0 unspecified atom stereocenters. The van der Waals surface area contributed by atoms with E-state index in [2.05, 4.69) is 11.9 Å². The molecule has 0 saturated carbocycles. The van der Waals surface area contributed by atoms with E-state index in [0.29, 0.717) is 16.1 Å². The average molecular weight is 398 g/mol. The van der Waals surface area contributed by atoms with Crippen molar-refractivity contribution in [2.45, 2.75) is 26.3 Å². The molecule has 2 aromatic heterocycles. The van der Waals surface area contributed by atoms with E-state index in [-0.39, 0.29) is 18.0 Å². The van der Waals surface area contributed by atoms with Gasteiger partial charge in [0.2, 0.25) is 5.91 Å². The second-order valence-electron chi connectivity index (χ2n) is 7.29. The molecule has 7 heteroatoms. The molecule has 146 valence electrons. The monoisotopic (exact) mass is 397 g/mol. The van der Waals surface area contributed by atoms with Crippen LogP contribution in [0.3, 0.4) is 0 Å². The van der Waals surface area contributed by atoms with Crippen LogP contribution in [-0.2, 0) is 11.3 Å². The van der Waals surface area contributed by atoms with E-state index in [1.165, 1.54) is 22.2 Å². The molecule has 3 aromatic rings. The van der Waals surface area contributed by atoms with E-state index < -0.39 is 0 Å². The van der Waals surface area contributed by atoms with Gasteiger partial charge in [-0.2, -0.15) is 0 Å². The van der Waals surface area contributed by atoms with Crippen LogP contribution < -0.4 is 10.3 Å². The van der Waals surface area contributed by atoms with Gasteiger partial charge >= 0.3 is 0 Å². The van der Waals surface area contributed by atoms with Gasteiger partial charge in [-0.1, -0.05) is 6.92 Å². The van der Waals surface area contributed by atoms with Crippen molar-refractivity contribution < 1.29 is 9.53 Å². The summed E-state index contributed by atoms with van der Waals surface area (Å²) in [5.74, 6) is 1.44. The molecule has 28 heavy (non-hydrogen) atoms. The van der Waals surface area contributed by atoms with E-state index in [1.54, 1.807) is 7.11 Å². The van der Waals surface area contributed by atoms with Gasteiger partial charge in [0.25, 0.3) is 5.56 Å². The third-order valence-electron chi connectivity index (χ3n) is 5.32. The number of carbonyl (C=O) groups is 1. The van der Waals surface area contributed by atoms with Crippen molar-refractivity contribution in [2.75, 3.05) is 20.2 Å². The molecule has 1 fully saturated rings. The lowest BCUT2D eigenvalue weighted by atomic mass is 9.99. The summed E-state index contributed by atoms with van der Waals surface area (Å²) in [7, 11) is 1.63. The largest absolute Gasteiger partial charge is 0.497 e. The highest BCUT2D eigenvalue weighted by molar-refractivity contribution is 7.22. The molecule has 0 bridgehead atoms. The average Bonchev–Trinajstić information content (AvgIpc) is 3.16. The molecule has 3 heterocycles. The third-order valence-corrected chi connectivity index (χ3v) is 6.48. The Kier molecular flexibility index (Phi) is 5.17. The summed E-state index contributed by atoms with van der Waals surface area (Å²) in [5.41, 5.74) is 1.51. The Bertz CT molecular complexity index is 1050. The Balaban J connectivity index is 1.58. The zero-order valence-electron chi connectivity index (χ0n) is 16.1. The first-order valence-corrected chi connectivity index (χ1v) is 10.3. The number of rotatable bonds is 4. The third kappa shape index (κ3) is 3.67. The first-order chi connectivity index (χ1) is 13.5. The van der Waals surface area contributed by atoms with Gasteiger partial charge in [0.1, 0.15) is 17.0 Å². The molecule has 0 atom stereocenters. The molecular weight excluding hydrogens is 374 g/mol. The molecule has 0 aliphatic carbocycles. The second kappa shape index (κ2) is 7.75. The predicted octanol–water partition coefficient (Wildman–Crippen LogP) is 3.39. The Morgan fingerprint density at radius 3 is 2.64 bits per heavy atom. The number of nitrogens with zero attached hydrogens (tertiary/aromatic N) is 3. The molecular formula is C21H23N3O3S. The Hall–Kier alpha value is -2.67. The lowest BCUT2D eigenvalue weighted by Crippen LogP contribution is -2.41. The van der Waals surface area contributed by atoms with Crippen LogP contribution in [0.5, 0.6) is 5.75 Å². The number of hydrogen-bond donors (Lipinski definition) is 0. The van der Waals surface area contributed by atoms with Gasteiger partial charge in [0.05, 0.1) is 19.0 Å². The molecule has 4 rings (SSSR count). The number of carbonyl (C=O) groups excluding carboxylic acids is 1. The topological polar surface area (TPSA) is 64.4 Å². The fourth-order valence-corrected chi connectivity index (χ4v) is 4.52. The minimum atomic E-state index is -0.159. The Labute approximate surface area is 167 Å². The zero-order chi connectivity index (χ0) is 19.7. The van der Waals surface area contributed by atoms with Gasteiger partial charge in [0.15, 0.2) is 0 Å². The summed E-state index contributed by atoms with van der Waals surface area (Å²) in [6.45, 7) is 3.80. The maximum atomic E-state index is 12.9. The van der Waals surface area contributed by atoms with Crippen LogP contribution in [0.1, 0.15) is 19.8 Å². The number of fused-ring (bicyclic) bond motifs is 1. The van der Waals surface area contributed by atoms with Crippen molar-refractivity contribution in [3.63, 3.8) is 0 Å². The number of ether oxygens (including phenoxy) is 1. The van der Waals surface area contributed by atoms with Crippen molar-refractivity contribution in [3.8, 4) is 16.2 Å². The fraction of sp³-hybridized carbons (Fsp3) is 0.381. The number of amides is 1. The van der Waals surface area contributed by atoms with Crippen molar-refractivity contribution >= 4 is 27.5 Å². The minimum Gasteiger partial charge on any atom is -0.497 e. The SMILES string of the molecule is COc1ccc(-c2cc3ncn(CC(=O)N4CCC(C)CC4)c(=O)c3s2)cc1. The van der Waals surface area contributed by atoms with Crippen molar-refractivity contribution in [1.82, 2.24) is 14.5 Å². The highest BCUT2D eigenvalue weighted by Crippen LogP contribution is 2.31. The summed E-state index contributed by atoms with van der Waals surface area (Å²) in [6, 6.07) is 9.63. The van der Waals surface area contributed by atoms with E-state index in [0.717, 1.165) is 42.1 Å².